The first-order valence-corrected chi connectivity index (χ1v) is 7.82. The molecule has 5 nitrogen and oxygen atoms in total. The van der Waals surface area contributed by atoms with Crippen LogP contribution in [0, 0.1) is 5.82 Å². The van der Waals surface area contributed by atoms with Gasteiger partial charge >= 0.3 is 0 Å². The van der Waals surface area contributed by atoms with E-state index in [-0.39, 0.29) is 18.2 Å². The van der Waals surface area contributed by atoms with Crippen molar-refractivity contribution in [3.8, 4) is 5.75 Å². The first-order valence-electron chi connectivity index (χ1n) is 7.82. The summed E-state index contributed by atoms with van der Waals surface area (Å²) in [5.41, 5.74) is 2.22. The van der Waals surface area contributed by atoms with Crippen LogP contribution in [-0.4, -0.2) is 22.8 Å². The number of halogens is 1. The molecule has 0 aliphatic rings. The van der Waals surface area contributed by atoms with Crippen LogP contribution in [-0.2, 0) is 13.1 Å². The van der Waals surface area contributed by atoms with Crippen LogP contribution < -0.4 is 10.1 Å². The van der Waals surface area contributed by atoms with E-state index in [0.717, 1.165) is 5.56 Å². The number of benzene rings is 2. The van der Waals surface area contributed by atoms with E-state index in [1.165, 1.54) is 25.4 Å². The molecule has 0 aliphatic carbocycles. The van der Waals surface area contributed by atoms with Crippen molar-refractivity contribution >= 4 is 5.91 Å². The van der Waals surface area contributed by atoms with E-state index in [0.29, 0.717) is 17.7 Å². The molecule has 25 heavy (non-hydrogen) atoms. The fourth-order valence-electron chi connectivity index (χ4n) is 2.44. The Bertz CT molecular complexity index is 862. The lowest BCUT2D eigenvalue weighted by atomic mass is 10.2. The number of hydrogen-bond acceptors (Lipinski definition) is 3. The molecule has 3 aromatic rings. The largest absolute Gasteiger partial charge is 0.494 e. The summed E-state index contributed by atoms with van der Waals surface area (Å²) < 4.78 is 20.2. The number of carbonyl (C=O) groups excluding carboxylic acids is 1. The van der Waals surface area contributed by atoms with Crippen LogP contribution in [0.1, 0.15) is 21.5 Å². The van der Waals surface area contributed by atoms with Gasteiger partial charge < -0.3 is 10.1 Å². The van der Waals surface area contributed by atoms with Crippen LogP contribution in [0.15, 0.2) is 60.9 Å². The number of hydrogen-bond donors (Lipinski definition) is 1. The Hall–Kier alpha value is -3.15. The van der Waals surface area contributed by atoms with Gasteiger partial charge in [-0.2, -0.15) is 5.10 Å². The zero-order valence-corrected chi connectivity index (χ0v) is 13.8. The first-order chi connectivity index (χ1) is 12.2. The summed E-state index contributed by atoms with van der Waals surface area (Å²) >= 11 is 0. The van der Waals surface area contributed by atoms with Crippen LogP contribution in [0.5, 0.6) is 5.75 Å². The van der Waals surface area contributed by atoms with Crippen LogP contribution in [0.3, 0.4) is 0 Å². The van der Waals surface area contributed by atoms with Gasteiger partial charge in [0.2, 0.25) is 0 Å². The smallest absolute Gasteiger partial charge is 0.254 e. The molecule has 1 heterocycles. The Morgan fingerprint density at radius 1 is 1.20 bits per heavy atom. The van der Waals surface area contributed by atoms with Crippen LogP contribution >= 0.6 is 0 Å². The van der Waals surface area contributed by atoms with Crippen molar-refractivity contribution in [2.45, 2.75) is 13.1 Å². The van der Waals surface area contributed by atoms with E-state index in [1.54, 1.807) is 16.9 Å². The Labute approximate surface area is 145 Å². The number of ether oxygens (including phenoxy) is 1. The third kappa shape index (κ3) is 4.23. The molecule has 0 fully saturated rings. The highest BCUT2D eigenvalue weighted by molar-refractivity contribution is 5.93. The molecule has 0 saturated heterocycles. The van der Waals surface area contributed by atoms with E-state index in [1.807, 2.05) is 30.3 Å². The van der Waals surface area contributed by atoms with Gasteiger partial charge in [-0.25, -0.2) is 4.39 Å². The van der Waals surface area contributed by atoms with Crippen molar-refractivity contribution in [1.82, 2.24) is 15.1 Å². The van der Waals surface area contributed by atoms with Crippen molar-refractivity contribution in [3.05, 3.63) is 83.4 Å². The molecule has 0 spiro atoms. The molecule has 0 aliphatic heterocycles. The second-order valence-electron chi connectivity index (χ2n) is 5.56. The maximum atomic E-state index is 13.7. The van der Waals surface area contributed by atoms with Crippen LogP contribution in [0.2, 0.25) is 0 Å². The summed E-state index contributed by atoms with van der Waals surface area (Å²) in [6.45, 7) is 0.821. The third-order valence-electron chi connectivity index (χ3n) is 3.75. The highest BCUT2D eigenvalue weighted by atomic mass is 19.1. The summed E-state index contributed by atoms with van der Waals surface area (Å²) in [4.78, 5) is 12.2. The molecule has 0 radical (unpaired) electrons. The Balaban J connectivity index is 1.59. The van der Waals surface area contributed by atoms with Gasteiger partial charge in [0.25, 0.3) is 5.91 Å². The minimum Gasteiger partial charge on any atom is -0.494 e. The number of nitrogens with one attached hydrogen (secondary N) is 1. The van der Waals surface area contributed by atoms with E-state index in [2.05, 4.69) is 10.4 Å². The van der Waals surface area contributed by atoms with Gasteiger partial charge in [0.05, 0.1) is 25.4 Å². The molecule has 1 N–H and O–H groups in total. The lowest BCUT2D eigenvalue weighted by Gasteiger charge is -2.06. The quantitative estimate of drug-likeness (QED) is 0.751. The number of rotatable bonds is 6. The van der Waals surface area contributed by atoms with Gasteiger partial charge in [0.1, 0.15) is 0 Å². The second kappa shape index (κ2) is 7.61. The summed E-state index contributed by atoms with van der Waals surface area (Å²) in [6.07, 6.45) is 3.21. The first kappa shape index (κ1) is 16.7. The molecule has 0 atom stereocenters. The maximum Gasteiger partial charge on any atom is 0.254 e. The van der Waals surface area contributed by atoms with E-state index < -0.39 is 5.82 Å². The summed E-state index contributed by atoms with van der Waals surface area (Å²) in [5, 5.41) is 6.96. The summed E-state index contributed by atoms with van der Waals surface area (Å²) in [5.74, 6) is -0.530. The van der Waals surface area contributed by atoms with Crippen molar-refractivity contribution in [2.24, 2.45) is 0 Å². The molecule has 1 amide bonds. The van der Waals surface area contributed by atoms with Gasteiger partial charge in [-0.15, -0.1) is 0 Å². The summed E-state index contributed by atoms with van der Waals surface area (Å²) in [7, 11) is 1.41. The van der Waals surface area contributed by atoms with Gasteiger partial charge in [-0.3, -0.25) is 9.48 Å². The number of amides is 1. The zero-order chi connectivity index (χ0) is 17.6. The molecular weight excluding hydrogens is 321 g/mol. The van der Waals surface area contributed by atoms with Crippen molar-refractivity contribution in [2.75, 3.05) is 7.11 Å². The van der Waals surface area contributed by atoms with Crippen LogP contribution in [0.4, 0.5) is 4.39 Å². The number of methoxy groups -OCH3 is 1. The van der Waals surface area contributed by atoms with Gasteiger partial charge in [-0.05, 0) is 23.3 Å². The molecule has 128 valence electrons. The fourth-order valence-corrected chi connectivity index (χ4v) is 2.44. The summed E-state index contributed by atoms with van der Waals surface area (Å²) in [6, 6.07) is 14.5. The van der Waals surface area contributed by atoms with E-state index >= 15 is 0 Å². The molecule has 1 aromatic heterocycles. The topological polar surface area (TPSA) is 56.1 Å². The number of aromatic nitrogens is 2. The van der Waals surface area contributed by atoms with E-state index in [4.69, 9.17) is 4.74 Å². The Kier molecular flexibility index (Phi) is 5.09. The molecule has 0 saturated carbocycles. The third-order valence-corrected chi connectivity index (χ3v) is 3.75. The highest BCUT2D eigenvalue weighted by Crippen LogP contribution is 2.17. The number of carbonyl (C=O) groups is 1. The maximum absolute atomic E-state index is 13.7. The molecule has 3 rings (SSSR count). The Morgan fingerprint density at radius 3 is 2.72 bits per heavy atom. The van der Waals surface area contributed by atoms with Crippen molar-refractivity contribution < 1.29 is 13.9 Å². The molecule has 2 aromatic carbocycles. The van der Waals surface area contributed by atoms with Gasteiger partial charge in [-0.1, -0.05) is 36.4 Å². The standard InChI is InChI=1S/C19H18FN3O2/c1-25-18-8-7-15(9-17(18)20)10-21-19(24)16-11-22-23(13-16)12-14-5-3-2-4-6-14/h2-9,11,13H,10,12H2,1H3,(H,21,24). The lowest BCUT2D eigenvalue weighted by Crippen LogP contribution is -2.22. The molecule has 0 bridgehead atoms. The van der Waals surface area contributed by atoms with E-state index in [9.17, 15) is 9.18 Å². The molecule has 0 unspecified atom stereocenters. The van der Waals surface area contributed by atoms with Crippen molar-refractivity contribution in [1.29, 1.82) is 0 Å². The lowest BCUT2D eigenvalue weighted by molar-refractivity contribution is 0.0950. The minimum absolute atomic E-state index is 0.178. The Morgan fingerprint density at radius 2 is 2.00 bits per heavy atom. The minimum atomic E-state index is -0.454. The fraction of sp³-hybridized carbons (Fsp3) is 0.158. The van der Waals surface area contributed by atoms with Gasteiger partial charge in [0, 0.05) is 12.7 Å². The monoisotopic (exact) mass is 339 g/mol. The van der Waals surface area contributed by atoms with Crippen molar-refractivity contribution in [3.63, 3.8) is 0 Å². The predicted molar refractivity (Wildman–Crippen MR) is 91.9 cm³/mol. The highest BCUT2D eigenvalue weighted by Gasteiger charge is 2.10. The predicted octanol–water partition coefficient (Wildman–Crippen LogP) is 3.01. The normalized spacial score (nSPS) is 10.5. The number of nitrogens with zero attached hydrogens (tertiary/aromatic N) is 2. The van der Waals surface area contributed by atoms with Crippen LogP contribution in [0.25, 0.3) is 0 Å². The molecule has 6 heteroatoms. The average molecular weight is 339 g/mol. The molecular formula is C19H18FN3O2. The second-order valence-corrected chi connectivity index (χ2v) is 5.56. The average Bonchev–Trinajstić information content (AvgIpc) is 3.09. The van der Waals surface area contributed by atoms with Gasteiger partial charge in [0.15, 0.2) is 11.6 Å². The zero-order valence-electron chi connectivity index (χ0n) is 13.8. The SMILES string of the molecule is COc1ccc(CNC(=O)c2cnn(Cc3ccccc3)c2)cc1F.